The van der Waals surface area contributed by atoms with Crippen molar-refractivity contribution in [2.75, 3.05) is 6.54 Å². The maximum absolute atomic E-state index is 5.67. The molecule has 1 fully saturated rings. The Morgan fingerprint density at radius 2 is 2.08 bits per heavy atom. The van der Waals surface area contributed by atoms with Crippen LogP contribution in [-0.2, 0) is 7.05 Å². The molecule has 1 aliphatic rings. The van der Waals surface area contributed by atoms with Crippen molar-refractivity contribution >= 4 is 17.3 Å². The number of rotatable bonds is 5. The van der Waals surface area contributed by atoms with E-state index in [0.717, 1.165) is 30.2 Å². The van der Waals surface area contributed by atoms with Crippen molar-refractivity contribution in [1.82, 2.24) is 19.8 Å². The summed E-state index contributed by atoms with van der Waals surface area (Å²) in [7, 11) is 2.13. The van der Waals surface area contributed by atoms with E-state index in [-0.39, 0.29) is 12.1 Å². The molecular weight excluding hydrogens is 316 g/mol. The number of hydrogen-bond donors (Lipinski definition) is 1. The molecule has 3 heterocycles. The highest BCUT2D eigenvalue weighted by Gasteiger charge is 2.40. The number of nitrogens with zero attached hydrogens (tertiary/aromatic N) is 3. The molecule has 3 rings (SSSR count). The number of unbranched alkanes of at least 4 members (excludes halogenated alkanes) is 1. The molecule has 5 heteroatoms. The van der Waals surface area contributed by atoms with Gasteiger partial charge in [-0.2, -0.15) is 0 Å². The average molecular weight is 343 g/mol. The fourth-order valence-electron chi connectivity index (χ4n) is 3.50. The first-order valence-corrected chi connectivity index (χ1v) is 9.06. The minimum absolute atomic E-state index is 0.0936. The van der Waals surface area contributed by atoms with Crippen LogP contribution < -0.4 is 5.32 Å². The van der Waals surface area contributed by atoms with Gasteiger partial charge in [0.25, 0.3) is 0 Å². The SMILES string of the molecule is CCCCN1C(=S)NC(c2ccccn2)C1c1cc(C)n(C)c1C. The van der Waals surface area contributed by atoms with Gasteiger partial charge in [0.1, 0.15) is 0 Å². The zero-order chi connectivity index (χ0) is 17.3. The Morgan fingerprint density at radius 3 is 2.67 bits per heavy atom. The fourth-order valence-corrected chi connectivity index (χ4v) is 3.83. The predicted molar refractivity (Wildman–Crippen MR) is 102 cm³/mol. The number of aromatic nitrogens is 2. The van der Waals surface area contributed by atoms with Gasteiger partial charge in [0, 0.05) is 31.2 Å². The molecule has 1 aliphatic heterocycles. The van der Waals surface area contributed by atoms with Crippen LogP contribution in [0.4, 0.5) is 0 Å². The van der Waals surface area contributed by atoms with Crippen LogP contribution in [0.25, 0.3) is 0 Å². The van der Waals surface area contributed by atoms with Crippen molar-refractivity contribution in [2.45, 2.75) is 45.7 Å². The summed E-state index contributed by atoms with van der Waals surface area (Å²) in [6, 6.07) is 8.67. The molecule has 0 spiro atoms. The monoisotopic (exact) mass is 342 g/mol. The van der Waals surface area contributed by atoms with Gasteiger partial charge in [-0.25, -0.2) is 0 Å². The summed E-state index contributed by atoms with van der Waals surface area (Å²) in [5.74, 6) is 0. The summed E-state index contributed by atoms with van der Waals surface area (Å²) < 4.78 is 2.25. The molecule has 2 unspecified atom stereocenters. The van der Waals surface area contributed by atoms with Gasteiger partial charge in [-0.15, -0.1) is 0 Å². The van der Waals surface area contributed by atoms with Crippen LogP contribution in [0.15, 0.2) is 30.5 Å². The van der Waals surface area contributed by atoms with Gasteiger partial charge in [-0.05, 0) is 56.2 Å². The molecule has 2 aromatic heterocycles. The van der Waals surface area contributed by atoms with Crippen LogP contribution in [0.1, 0.15) is 54.5 Å². The lowest BCUT2D eigenvalue weighted by atomic mass is 9.96. The van der Waals surface area contributed by atoms with Crippen molar-refractivity contribution in [3.05, 3.63) is 53.1 Å². The van der Waals surface area contributed by atoms with E-state index < -0.39 is 0 Å². The van der Waals surface area contributed by atoms with E-state index in [9.17, 15) is 0 Å². The number of nitrogens with one attached hydrogen (secondary N) is 1. The molecule has 0 amide bonds. The lowest BCUT2D eigenvalue weighted by Gasteiger charge is -2.28. The number of thiocarbonyl (C=S) groups is 1. The largest absolute Gasteiger partial charge is 0.352 e. The average Bonchev–Trinajstić information content (AvgIpc) is 3.05. The Hall–Kier alpha value is -1.88. The summed E-state index contributed by atoms with van der Waals surface area (Å²) >= 11 is 5.67. The maximum atomic E-state index is 5.67. The van der Waals surface area contributed by atoms with Gasteiger partial charge >= 0.3 is 0 Å². The first-order chi connectivity index (χ1) is 11.5. The van der Waals surface area contributed by atoms with Gasteiger partial charge in [0.05, 0.1) is 17.8 Å². The molecule has 0 saturated carbocycles. The zero-order valence-electron chi connectivity index (χ0n) is 14.9. The molecule has 24 heavy (non-hydrogen) atoms. The molecule has 4 nitrogen and oxygen atoms in total. The van der Waals surface area contributed by atoms with Crippen molar-refractivity contribution in [3.63, 3.8) is 0 Å². The van der Waals surface area contributed by atoms with E-state index in [1.807, 2.05) is 18.3 Å². The number of hydrogen-bond acceptors (Lipinski definition) is 2. The first kappa shape index (κ1) is 17.0. The van der Waals surface area contributed by atoms with Crippen molar-refractivity contribution in [2.24, 2.45) is 7.05 Å². The van der Waals surface area contributed by atoms with Crippen molar-refractivity contribution in [1.29, 1.82) is 0 Å². The third-order valence-corrected chi connectivity index (χ3v) is 5.44. The summed E-state index contributed by atoms with van der Waals surface area (Å²) in [6.45, 7) is 7.54. The van der Waals surface area contributed by atoms with Crippen LogP contribution in [0.5, 0.6) is 0 Å². The van der Waals surface area contributed by atoms with E-state index in [0.29, 0.717) is 0 Å². The molecular formula is C19H26N4S. The summed E-state index contributed by atoms with van der Waals surface area (Å²) in [6.07, 6.45) is 4.15. The Kier molecular flexibility index (Phi) is 4.90. The smallest absolute Gasteiger partial charge is 0.170 e. The minimum Gasteiger partial charge on any atom is -0.352 e. The van der Waals surface area contributed by atoms with Crippen LogP contribution in [-0.4, -0.2) is 26.1 Å². The standard InChI is InChI=1S/C19H26N4S/c1-5-6-11-23-18(15-12-13(2)22(4)14(15)3)17(21-19(23)24)16-9-7-8-10-20-16/h7-10,12,17-18H,5-6,11H2,1-4H3,(H,21,24). The van der Waals surface area contributed by atoms with Gasteiger partial charge in [-0.3, -0.25) is 4.98 Å². The molecule has 1 saturated heterocycles. The highest BCUT2D eigenvalue weighted by Crippen LogP contribution is 2.40. The molecule has 0 aromatic carbocycles. The van der Waals surface area contributed by atoms with Crippen LogP contribution in [0, 0.1) is 13.8 Å². The van der Waals surface area contributed by atoms with Crippen LogP contribution in [0.3, 0.4) is 0 Å². The molecule has 0 radical (unpaired) electrons. The fraction of sp³-hybridized carbons (Fsp3) is 0.474. The highest BCUT2D eigenvalue weighted by molar-refractivity contribution is 7.80. The van der Waals surface area contributed by atoms with Crippen LogP contribution in [0.2, 0.25) is 0 Å². The molecule has 128 valence electrons. The first-order valence-electron chi connectivity index (χ1n) is 8.65. The van der Waals surface area contributed by atoms with E-state index >= 15 is 0 Å². The second-order valence-corrected chi connectivity index (χ2v) is 6.95. The number of aryl methyl sites for hydroxylation is 1. The van der Waals surface area contributed by atoms with Gasteiger partial charge < -0.3 is 14.8 Å². The Balaban J connectivity index is 2.05. The van der Waals surface area contributed by atoms with E-state index in [1.54, 1.807) is 0 Å². The van der Waals surface area contributed by atoms with E-state index in [4.69, 9.17) is 12.2 Å². The third-order valence-electron chi connectivity index (χ3n) is 5.08. The third kappa shape index (κ3) is 2.93. The molecule has 0 aliphatic carbocycles. The molecule has 1 N–H and O–H groups in total. The van der Waals surface area contributed by atoms with Gasteiger partial charge in [-0.1, -0.05) is 19.4 Å². The molecule has 2 aromatic rings. The minimum atomic E-state index is 0.0936. The normalized spacial score (nSPS) is 20.5. The number of pyridine rings is 1. The van der Waals surface area contributed by atoms with Gasteiger partial charge in [0.15, 0.2) is 5.11 Å². The zero-order valence-corrected chi connectivity index (χ0v) is 15.7. The summed E-state index contributed by atoms with van der Waals surface area (Å²) in [4.78, 5) is 6.94. The topological polar surface area (TPSA) is 33.1 Å². The van der Waals surface area contributed by atoms with Gasteiger partial charge in [0.2, 0.25) is 0 Å². The van der Waals surface area contributed by atoms with E-state index in [1.165, 1.54) is 17.0 Å². The van der Waals surface area contributed by atoms with Crippen molar-refractivity contribution in [3.8, 4) is 0 Å². The van der Waals surface area contributed by atoms with Crippen molar-refractivity contribution < 1.29 is 0 Å². The maximum Gasteiger partial charge on any atom is 0.170 e. The Labute approximate surface area is 149 Å². The Morgan fingerprint density at radius 1 is 1.29 bits per heavy atom. The quantitative estimate of drug-likeness (QED) is 0.838. The summed E-state index contributed by atoms with van der Waals surface area (Å²) in [5, 5.41) is 4.36. The predicted octanol–water partition coefficient (Wildman–Crippen LogP) is 3.81. The lowest BCUT2D eigenvalue weighted by molar-refractivity contribution is 0.311. The Bertz CT molecular complexity index is 722. The second kappa shape index (κ2) is 6.93. The second-order valence-electron chi connectivity index (χ2n) is 6.56. The lowest BCUT2D eigenvalue weighted by Crippen LogP contribution is -2.30. The molecule has 0 bridgehead atoms. The molecule has 2 atom stereocenters. The summed E-state index contributed by atoms with van der Waals surface area (Å²) in [5.41, 5.74) is 4.96. The van der Waals surface area contributed by atoms with Crippen LogP contribution >= 0.6 is 12.2 Å². The highest BCUT2D eigenvalue weighted by atomic mass is 32.1. The van der Waals surface area contributed by atoms with E-state index in [2.05, 4.69) is 59.7 Å².